The van der Waals surface area contributed by atoms with E-state index in [4.69, 9.17) is 16.7 Å². The number of hydrogen-bond donors (Lipinski definition) is 1. The number of aromatic nitrogens is 1. The standard InChI is InChI=1S/C14H14ClNO2/c15-12-9-13(14(17)18)16(10-12)8-4-7-11-5-2-1-3-6-11/h1-3,5-6,9-10H,4,7-8H2,(H,17,18). The summed E-state index contributed by atoms with van der Waals surface area (Å²) < 4.78 is 1.69. The second kappa shape index (κ2) is 5.74. The monoisotopic (exact) mass is 263 g/mol. The normalized spacial score (nSPS) is 10.5. The van der Waals surface area contributed by atoms with Crippen LogP contribution in [0.3, 0.4) is 0 Å². The summed E-state index contributed by atoms with van der Waals surface area (Å²) >= 11 is 5.82. The van der Waals surface area contributed by atoms with Crippen LogP contribution in [0.4, 0.5) is 0 Å². The Morgan fingerprint density at radius 2 is 2.00 bits per heavy atom. The summed E-state index contributed by atoms with van der Waals surface area (Å²) in [5.41, 5.74) is 1.50. The summed E-state index contributed by atoms with van der Waals surface area (Å²) in [6.45, 7) is 0.656. The molecule has 1 heterocycles. The molecular formula is C14H14ClNO2. The van der Waals surface area contributed by atoms with Gasteiger partial charge in [-0.05, 0) is 24.5 Å². The van der Waals surface area contributed by atoms with Gasteiger partial charge in [0.2, 0.25) is 0 Å². The van der Waals surface area contributed by atoms with Gasteiger partial charge >= 0.3 is 5.97 Å². The third kappa shape index (κ3) is 3.14. The van der Waals surface area contributed by atoms with E-state index < -0.39 is 5.97 Å². The number of nitrogens with zero attached hydrogens (tertiary/aromatic N) is 1. The largest absolute Gasteiger partial charge is 0.477 e. The average molecular weight is 264 g/mol. The third-order valence-corrected chi connectivity index (χ3v) is 3.00. The van der Waals surface area contributed by atoms with E-state index in [0.29, 0.717) is 11.6 Å². The summed E-state index contributed by atoms with van der Waals surface area (Å²) in [6.07, 6.45) is 3.47. The molecule has 1 aromatic carbocycles. The maximum absolute atomic E-state index is 11.0. The van der Waals surface area contributed by atoms with Crippen molar-refractivity contribution in [3.05, 3.63) is 58.9 Å². The molecule has 0 radical (unpaired) electrons. The molecule has 0 aliphatic heterocycles. The van der Waals surface area contributed by atoms with E-state index in [1.165, 1.54) is 11.6 Å². The molecule has 18 heavy (non-hydrogen) atoms. The van der Waals surface area contributed by atoms with Gasteiger partial charge in [0.25, 0.3) is 0 Å². The average Bonchev–Trinajstić information content (AvgIpc) is 2.72. The maximum Gasteiger partial charge on any atom is 0.352 e. The molecule has 0 spiro atoms. The molecule has 0 bridgehead atoms. The van der Waals surface area contributed by atoms with Crippen molar-refractivity contribution in [2.75, 3.05) is 0 Å². The summed E-state index contributed by atoms with van der Waals surface area (Å²) in [6, 6.07) is 11.6. The number of aromatic carboxylic acids is 1. The number of benzene rings is 1. The Hall–Kier alpha value is -1.74. The lowest BCUT2D eigenvalue weighted by atomic mass is 10.1. The zero-order chi connectivity index (χ0) is 13.0. The van der Waals surface area contributed by atoms with Crippen LogP contribution in [0, 0.1) is 0 Å². The highest BCUT2D eigenvalue weighted by atomic mass is 35.5. The van der Waals surface area contributed by atoms with Gasteiger partial charge in [-0.1, -0.05) is 41.9 Å². The number of rotatable bonds is 5. The van der Waals surface area contributed by atoms with Gasteiger partial charge in [0.1, 0.15) is 5.69 Å². The number of aryl methyl sites for hydroxylation is 2. The van der Waals surface area contributed by atoms with E-state index in [1.807, 2.05) is 18.2 Å². The summed E-state index contributed by atoms with van der Waals surface area (Å²) in [5, 5.41) is 9.48. The molecule has 3 nitrogen and oxygen atoms in total. The zero-order valence-corrected chi connectivity index (χ0v) is 10.6. The van der Waals surface area contributed by atoms with Gasteiger partial charge in [-0.3, -0.25) is 0 Å². The van der Waals surface area contributed by atoms with E-state index in [9.17, 15) is 4.79 Å². The Morgan fingerprint density at radius 1 is 1.28 bits per heavy atom. The van der Waals surface area contributed by atoms with Gasteiger partial charge in [0, 0.05) is 12.7 Å². The van der Waals surface area contributed by atoms with Crippen LogP contribution in [-0.4, -0.2) is 15.6 Å². The summed E-state index contributed by atoms with van der Waals surface area (Å²) in [5.74, 6) is -0.943. The Bertz CT molecular complexity index is 534. The minimum Gasteiger partial charge on any atom is -0.477 e. The van der Waals surface area contributed by atoms with Crippen LogP contribution in [0.2, 0.25) is 5.02 Å². The second-order valence-electron chi connectivity index (χ2n) is 4.13. The molecule has 0 aliphatic rings. The van der Waals surface area contributed by atoms with Crippen LogP contribution >= 0.6 is 11.6 Å². The van der Waals surface area contributed by atoms with Crippen molar-refractivity contribution in [3.63, 3.8) is 0 Å². The molecule has 4 heteroatoms. The number of hydrogen-bond acceptors (Lipinski definition) is 1. The van der Waals surface area contributed by atoms with Crippen molar-refractivity contribution in [1.29, 1.82) is 0 Å². The molecule has 0 atom stereocenters. The lowest BCUT2D eigenvalue weighted by Crippen LogP contribution is -2.08. The molecule has 2 aromatic rings. The summed E-state index contributed by atoms with van der Waals surface area (Å²) in [7, 11) is 0. The fraction of sp³-hybridized carbons (Fsp3) is 0.214. The van der Waals surface area contributed by atoms with E-state index in [1.54, 1.807) is 10.8 Å². The fourth-order valence-corrected chi connectivity index (χ4v) is 2.16. The lowest BCUT2D eigenvalue weighted by molar-refractivity contribution is 0.0685. The van der Waals surface area contributed by atoms with Gasteiger partial charge in [-0.15, -0.1) is 0 Å². The summed E-state index contributed by atoms with van der Waals surface area (Å²) in [4.78, 5) is 11.0. The third-order valence-electron chi connectivity index (χ3n) is 2.79. The minimum atomic E-state index is -0.943. The van der Waals surface area contributed by atoms with E-state index >= 15 is 0 Å². The minimum absolute atomic E-state index is 0.244. The first-order valence-corrected chi connectivity index (χ1v) is 6.17. The second-order valence-corrected chi connectivity index (χ2v) is 4.57. The molecule has 0 fully saturated rings. The number of carboxylic acid groups (broad SMARTS) is 1. The van der Waals surface area contributed by atoms with Crippen LogP contribution in [-0.2, 0) is 13.0 Å². The smallest absolute Gasteiger partial charge is 0.352 e. The highest BCUT2D eigenvalue weighted by Gasteiger charge is 2.11. The van der Waals surface area contributed by atoms with Gasteiger partial charge in [-0.2, -0.15) is 0 Å². The predicted molar refractivity (Wildman–Crippen MR) is 71.2 cm³/mol. The molecule has 2 rings (SSSR count). The quantitative estimate of drug-likeness (QED) is 0.897. The van der Waals surface area contributed by atoms with Crippen LogP contribution in [0.5, 0.6) is 0 Å². The van der Waals surface area contributed by atoms with Crippen molar-refractivity contribution in [2.45, 2.75) is 19.4 Å². The van der Waals surface area contributed by atoms with Crippen molar-refractivity contribution >= 4 is 17.6 Å². The van der Waals surface area contributed by atoms with E-state index in [2.05, 4.69) is 12.1 Å². The number of halogens is 1. The molecule has 0 unspecified atom stereocenters. The van der Waals surface area contributed by atoms with Crippen LogP contribution < -0.4 is 0 Å². The van der Waals surface area contributed by atoms with Crippen LogP contribution in [0.15, 0.2) is 42.6 Å². The van der Waals surface area contributed by atoms with E-state index in [-0.39, 0.29) is 5.69 Å². The SMILES string of the molecule is O=C(O)c1cc(Cl)cn1CCCc1ccccc1. The molecule has 0 amide bonds. The number of carbonyl (C=O) groups is 1. The Morgan fingerprint density at radius 3 is 2.67 bits per heavy atom. The van der Waals surface area contributed by atoms with Crippen molar-refractivity contribution < 1.29 is 9.90 Å². The van der Waals surface area contributed by atoms with Crippen molar-refractivity contribution in [1.82, 2.24) is 4.57 Å². The molecular weight excluding hydrogens is 250 g/mol. The van der Waals surface area contributed by atoms with Gasteiger partial charge in [-0.25, -0.2) is 4.79 Å². The highest BCUT2D eigenvalue weighted by Crippen LogP contribution is 2.15. The van der Waals surface area contributed by atoms with Crippen molar-refractivity contribution in [3.8, 4) is 0 Å². The molecule has 1 N–H and O–H groups in total. The van der Waals surface area contributed by atoms with Crippen LogP contribution in [0.25, 0.3) is 0 Å². The molecule has 0 aliphatic carbocycles. The first-order chi connectivity index (χ1) is 8.66. The Balaban J connectivity index is 1.96. The molecule has 0 saturated carbocycles. The predicted octanol–water partition coefficient (Wildman–Crippen LogP) is 3.47. The maximum atomic E-state index is 11.0. The van der Waals surface area contributed by atoms with Gasteiger partial charge < -0.3 is 9.67 Å². The highest BCUT2D eigenvalue weighted by molar-refractivity contribution is 6.30. The van der Waals surface area contributed by atoms with E-state index in [0.717, 1.165) is 12.8 Å². The first-order valence-electron chi connectivity index (χ1n) is 5.80. The van der Waals surface area contributed by atoms with Crippen molar-refractivity contribution in [2.24, 2.45) is 0 Å². The van der Waals surface area contributed by atoms with Crippen LogP contribution in [0.1, 0.15) is 22.5 Å². The number of carboxylic acids is 1. The molecule has 94 valence electrons. The first kappa shape index (κ1) is 12.7. The fourth-order valence-electron chi connectivity index (χ4n) is 1.94. The Kier molecular flexibility index (Phi) is 4.05. The lowest BCUT2D eigenvalue weighted by Gasteiger charge is -2.06. The van der Waals surface area contributed by atoms with Gasteiger partial charge in [0.15, 0.2) is 0 Å². The van der Waals surface area contributed by atoms with Gasteiger partial charge in [0.05, 0.1) is 5.02 Å². The zero-order valence-electron chi connectivity index (χ0n) is 9.84. The Labute approximate surface area is 111 Å². The topological polar surface area (TPSA) is 42.2 Å². The molecule has 1 aromatic heterocycles. The molecule has 0 saturated heterocycles.